The van der Waals surface area contributed by atoms with Crippen molar-refractivity contribution >= 4 is 22.3 Å². The van der Waals surface area contributed by atoms with Crippen LogP contribution in [0.2, 0.25) is 0 Å². The van der Waals surface area contributed by atoms with Crippen molar-refractivity contribution in [3.05, 3.63) is 60.3 Å². The average Bonchev–Trinajstić information content (AvgIpc) is 2.48. The maximum atomic E-state index is 9.76. The van der Waals surface area contributed by atoms with Gasteiger partial charge in [0, 0.05) is 11.6 Å². The van der Waals surface area contributed by atoms with E-state index in [2.05, 4.69) is 15.2 Å². The van der Waals surface area contributed by atoms with Gasteiger partial charge in [-0.25, -0.2) is 0 Å². The average molecular weight is 263 g/mol. The van der Waals surface area contributed by atoms with E-state index < -0.39 is 0 Å². The summed E-state index contributed by atoms with van der Waals surface area (Å²) in [6.07, 6.45) is 1.73. The minimum Gasteiger partial charge on any atom is -0.506 e. The van der Waals surface area contributed by atoms with E-state index in [0.717, 1.165) is 16.5 Å². The van der Waals surface area contributed by atoms with Gasteiger partial charge in [0.2, 0.25) is 0 Å². The number of benzene rings is 2. The van der Waals surface area contributed by atoms with Crippen LogP contribution in [0.4, 0.5) is 11.4 Å². The van der Waals surface area contributed by atoms with Crippen molar-refractivity contribution in [2.75, 3.05) is 0 Å². The largest absolute Gasteiger partial charge is 0.506 e. The van der Waals surface area contributed by atoms with Gasteiger partial charge in [-0.2, -0.15) is 0 Å². The predicted molar refractivity (Wildman–Crippen MR) is 78.8 cm³/mol. The van der Waals surface area contributed by atoms with Crippen molar-refractivity contribution in [1.82, 2.24) is 4.98 Å². The van der Waals surface area contributed by atoms with Gasteiger partial charge in [-0.05, 0) is 36.8 Å². The lowest BCUT2D eigenvalue weighted by Gasteiger charge is -2.01. The Balaban J connectivity index is 2.05. The van der Waals surface area contributed by atoms with Crippen LogP contribution >= 0.6 is 0 Å². The number of para-hydroxylation sites is 1. The zero-order chi connectivity index (χ0) is 13.9. The highest BCUT2D eigenvalue weighted by Gasteiger charge is 2.02. The monoisotopic (exact) mass is 263 g/mol. The third-order valence-electron chi connectivity index (χ3n) is 3.01. The second-order valence-corrected chi connectivity index (χ2v) is 4.54. The summed E-state index contributed by atoms with van der Waals surface area (Å²) >= 11 is 0. The fraction of sp³-hybridized carbons (Fsp3) is 0.0625. The van der Waals surface area contributed by atoms with E-state index in [4.69, 9.17) is 0 Å². The molecule has 2 aromatic carbocycles. The second-order valence-electron chi connectivity index (χ2n) is 4.54. The molecule has 4 heteroatoms. The molecule has 0 amide bonds. The van der Waals surface area contributed by atoms with Crippen LogP contribution in [0.3, 0.4) is 0 Å². The normalized spacial score (nSPS) is 11.2. The summed E-state index contributed by atoms with van der Waals surface area (Å²) < 4.78 is 0. The molecule has 1 N–H and O–H groups in total. The predicted octanol–water partition coefficient (Wildman–Crippen LogP) is 4.66. The van der Waals surface area contributed by atoms with Crippen molar-refractivity contribution in [1.29, 1.82) is 0 Å². The highest BCUT2D eigenvalue weighted by Crippen LogP contribution is 2.30. The third kappa shape index (κ3) is 2.36. The van der Waals surface area contributed by atoms with Crippen LogP contribution < -0.4 is 0 Å². The fourth-order valence-corrected chi connectivity index (χ4v) is 1.99. The van der Waals surface area contributed by atoms with Crippen molar-refractivity contribution in [3.63, 3.8) is 0 Å². The van der Waals surface area contributed by atoms with Gasteiger partial charge in [0.05, 0.1) is 5.52 Å². The van der Waals surface area contributed by atoms with E-state index in [-0.39, 0.29) is 5.75 Å². The highest BCUT2D eigenvalue weighted by molar-refractivity contribution is 5.88. The fourth-order valence-electron chi connectivity index (χ4n) is 1.99. The molecule has 0 aliphatic rings. The Morgan fingerprint density at radius 1 is 0.950 bits per heavy atom. The number of rotatable bonds is 2. The van der Waals surface area contributed by atoms with Crippen molar-refractivity contribution in [2.45, 2.75) is 6.92 Å². The molecule has 0 fully saturated rings. The molecule has 0 saturated heterocycles. The summed E-state index contributed by atoms with van der Waals surface area (Å²) in [5.74, 6) is 0.118. The van der Waals surface area contributed by atoms with Gasteiger partial charge in [0.15, 0.2) is 0 Å². The molecule has 0 radical (unpaired) electrons. The van der Waals surface area contributed by atoms with Gasteiger partial charge in [-0.3, -0.25) is 4.98 Å². The zero-order valence-electron chi connectivity index (χ0n) is 11.0. The lowest BCUT2D eigenvalue weighted by molar-refractivity contribution is 0.476. The molecule has 0 aliphatic heterocycles. The summed E-state index contributed by atoms with van der Waals surface area (Å²) in [5, 5.41) is 19.1. The number of phenols is 1. The molecule has 3 aromatic rings. The molecule has 1 heterocycles. The number of fused-ring (bicyclic) bond motifs is 1. The summed E-state index contributed by atoms with van der Waals surface area (Å²) in [6.45, 7) is 1.94. The molecule has 20 heavy (non-hydrogen) atoms. The van der Waals surface area contributed by atoms with Crippen LogP contribution in [0.1, 0.15) is 5.56 Å². The zero-order valence-corrected chi connectivity index (χ0v) is 11.0. The molecule has 0 unspecified atom stereocenters. The van der Waals surface area contributed by atoms with Gasteiger partial charge >= 0.3 is 0 Å². The molecular weight excluding hydrogens is 250 g/mol. The number of aryl methyl sites for hydroxylation is 1. The first-order valence-corrected chi connectivity index (χ1v) is 6.29. The number of hydrogen-bond donors (Lipinski definition) is 1. The molecule has 3 rings (SSSR count). The number of aromatic hydroxyl groups is 1. The highest BCUT2D eigenvalue weighted by atomic mass is 16.3. The molecule has 98 valence electrons. The Labute approximate surface area is 116 Å². The number of phenolic OH excluding ortho intramolecular Hbond substituents is 1. The number of hydrogen-bond acceptors (Lipinski definition) is 4. The molecule has 0 spiro atoms. The molecule has 0 atom stereocenters. The third-order valence-corrected chi connectivity index (χ3v) is 3.01. The lowest BCUT2D eigenvalue weighted by atomic mass is 10.2. The minimum absolute atomic E-state index is 0.118. The maximum Gasteiger partial charge on any atom is 0.143 e. The van der Waals surface area contributed by atoms with Gasteiger partial charge in [0.25, 0.3) is 0 Å². The molecule has 1 aromatic heterocycles. The quantitative estimate of drug-likeness (QED) is 0.683. The van der Waals surface area contributed by atoms with Crippen LogP contribution in [0.5, 0.6) is 5.75 Å². The molecular formula is C16H13N3O. The van der Waals surface area contributed by atoms with E-state index >= 15 is 0 Å². The molecule has 0 aliphatic carbocycles. The SMILES string of the molecule is Cc1ccc(O)c(N=Nc2cccc3cccnc23)c1. The Hall–Kier alpha value is -2.75. The van der Waals surface area contributed by atoms with E-state index in [1.54, 1.807) is 18.3 Å². The van der Waals surface area contributed by atoms with Crippen LogP contribution in [-0.4, -0.2) is 10.1 Å². The topological polar surface area (TPSA) is 57.8 Å². The van der Waals surface area contributed by atoms with Crippen molar-refractivity contribution < 1.29 is 5.11 Å². The standard InChI is InChI=1S/C16H13N3O/c1-11-7-8-15(20)14(10-11)19-18-13-6-2-4-12-5-3-9-17-16(12)13/h2-10,20H,1H3. The summed E-state index contributed by atoms with van der Waals surface area (Å²) in [5.41, 5.74) is 2.96. The van der Waals surface area contributed by atoms with E-state index in [1.807, 2.05) is 43.3 Å². The second kappa shape index (κ2) is 5.09. The van der Waals surface area contributed by atoms with E-state index in [1.165, 1.54) is 0 Å². The van der Waals surface area contributed by atoms with Crippen LogP contribution in [0.15, 0.2) is 65.0 Å². The number of pyridine rings is 1. The van der Waals surface area contributed by atoms with Gasteiger partial charge in [-0.15, -0.1) is 10.2 Å². The number of aromatic nitrogens is 1. The Kier molecular flexibility index (Phi) is 3.13. The Morgan fingerprint density at radius 3 is 2.65 bits per heavy atom. The van der Waals surface area contributed by atoms with Gasteiger partial charge in [0.1, 0.15) is 17.1 Å². The molecule has 4 nitrogen and oxygen atoms in total. The van der Waals surface area contributed by atoms with Crippen molar-refractivity contribution in [3.8, 4) is 5.75 Å². The number of nitrogens with zero attached hydrogens (tertiary/aromatic N) is 3. The van der Waals surface area contributed by atoms with E-state index in [9.17, 15) is 5.11 Å². The van der Waals surface area contributed by atoms with Crippen molar-refractivity contribution in [2.24, 2.45) is 10.2 Å². The Bertz CT molecular complexity index is 791. The van der Waals surface area contributed by atoms with Crippen LogP contribution in [-0.2, 0) is 0 Å². The molecule has 0 saturated carbocycles. The first-order chi connectivity index (χ1) is 9.74. The minimum atomic E-state index is 0.118. The summed E-state index contributed by atoms with van der Waals surface area (Å²) in [4.78, 5) is 4.32. The first-order valence-electron chi connectivity index (χ1n) is 6.29. The summed E-state index contributed by atoms with van der Waals surface area (Å²) in [6, 6.07) is 14.8. The smallest absolute Gasteiger partial charge is 0.143 e. The van der Waals surface area contributed by atoms with Crippen LogP contribution in [0, 0.1) is 6.92 Å². The molecule has 0 bridgehead atoms. The van der Waals surface area contributed by atoms with Gasteiger partial charge in [-0.1, -0.05) is 24.3 Å². The first kappa shape index (κ1) is 12.3. The lowest BCUT2D eigenvalue weighted by Crippen LogP contribution is -1.77. The summed E-state index contributed by atoms with van der Waals surface area (Å²) in [7, 11) is 0. The van der Waals surface area contributed by atoms with E-state index in [0.29, 0.717) is 11.4 Å². The van der Waals surface area contributed by atoms with Gasteiger partial charge < -0.3 is 5.11 Å². The van der Waals surface area contributed by atoms with Crippen LogP contribution in [0.25, 0.3) is 10.9 Å². The Morgan fingerprint density at radius 2 is 1.75 bits per heavy atom. The number of azo groups is 1. The maximum absolute atomic E-state index is 9.76.